The molecule has 194 valence electrons. The average molecular weight is 477 g/mol. The lowest BCUT2D eigenvalue weighted by atomic mass is 9.68. The molecule has 1 aromatic rings. The van der Waals surface area contributed by atoms with E-state index >= 15 is 0 Å². The molecule has 1 aromatic carbocycles. The van der Waals surface area contributed by atoms with Gasteiger partial charge in [-0.2, -0.15) is 4.39 Å². The summed E-state index contributed by atoms with van der Waals surface area (Å²) in [6.07, 6.45) is 22.5. The maximum absolute atomic E-state index is 14.9. The fourth-order valence-corrected chi connectivity index (χ4v) is 6.57. The van der Waals surface area contributed by atoms with Crippen molar-refractivity contribution < 1.29 is 13.5 Å². The average Bonchev–Trinajstić information content (AvgIpc) is 2.87. The zero-order valence-electron chi connectivity index (χ0n) is 22.1. The van der Waals surface area contributed by atoms with Gasteiger partial charge in [-0.3, -0.25) is 0 Å². The van der Waals surface area contributed by atoms with Crippen molar-refractivity contribution in [1.29, 1.82) is 0 Å². The van der Waals surface area contributed by atoms with Crippen molar-refractivity contribution in [3.05, 3.63) is 29.3 Å². The van der Waals surface area contributed by atoms with E-state index in [4.69, 9.17) is 4.74 Å². The molecule has 0 radical (unpaired) electrons. The fraction of sp³-hybridized carbons (Fsp3) is 0.806. The van der Waals surface area contributed by atoms with Gasteiger partial charge in [0.1, 0.15) is 0 Å². The van der Waals surface area contributed by atoms with Gasteiger partial charge >= 0.3 is 0 Å². The van der Waals surface area contributed by atoms with Crippen LogP contribution in [0.15, 0.2) is 12.1 Å². The maximum atomic E-state index is 14.9. The normalized spacial score (nSPS) is 25.4. The molecule has 0 unspecified atom stereocenters. The van der Waals surface area contributed by atoms with E-state index < -0.39 is 11.6 Å². The molecule has 34 heavy (non-hydrogen) atoms. The Hall–Kier alpha value is -1.12. The smallest absolute Gasteiger partial charge is 0.200 e. The molecule has 3 rings (SSSR count). The van der Waals surface area contributed by atoms with E-state index in [-0.39, 0.29) is 11.7 Å². The molecular weight excluding hydrogens is 426 g/mol. The molecule has 2 saturated carbocycles. The Morgan fingerprint density at radius 3 is 1.91 bits per heavy atom. The van der Waals surface area contributed by atoms with E-state index in [0.29, 0.717) is 12.2 Å². The van der Waals surface area contributed by atoms with Crippen molar-refractivity contribution in [1.82, 2.24) is 0 Å². The minimum Gasteiger partial charge on any atom is -0.490 e. The highest BCUT2D eigenvalue weighted by Gasteiger charge is 2.32. The quantitative estimate of drug-likeness (QED) is 0.243. The second-order valence-corrected chi connectivity index (χ2v) is 11.3. The first kappa shape index (κ1) is 27.5. The molecule has 2 aliphatic rings. The molecule has 0 atom stereocenters. The van der Waals surface area contributed by atoms with Gasteiger partial charge in [0.25, 0.3) is 0 Å². The topological polar surface area (TPSA) is 9.23 Å². The maximum Gasteiger partial charge on any atom is 0.200 e. The predicted molar refractivity (Wildman–Crippen MR) is 140 cm³/mol. The number of rotatable bonds is 14. The van der Waals surface area contributed by atoms with E-state index in [1.54, 1.807) is 12.1 Å². The SMILES string of the molecule is CCCCCCCOc1ccc(C2CCC(C3CCC(CCCCCC)CC3)CC2)c(F)c1F. The molecule has 2 fully saturated rings. The van der Waals surface area contributed by atoms with Crippen molar-refractivity contribution in [2.75, 3.05) is 6.61 Å². The summed E-state index contributed by atoms with van der Waals surface area (Å²) in [6, 6.07) is 3.45. The van der Waals surface area contributed by atoms with Gasteiger partial charge in [0.05, 0.1) is 6.61 Å². The molecule has 0 amide bonds. The largest absolute Gasteiger partial charge is 0.490 e. The molecule has 2 aliphatic carbocycles. The monoisotopic (exact) mass is 476 g/mol. The Bertz CT molecular complexity index is 687. The van der Waals surface area contributed by atoms with Crippen LogP contribution in [0, 0.1) is 29.4 Å². The Balaban J connectivity index is 1.40. The molecule has 0 saturated heterocycles. The van der Waals surface area contributed by atoms with Crippen LogP contribution in [0.25, 0.3) is 0 Å². The molecule has 0 heterocycles. The van der Waals surface area contributed by atoms with E-state index in [0.717, 1.165) is 43.4 Å². The molecule has 0 aliphatic heterocycles. The number of unbranched alkanes of at least 4 members (excludes halogenated alkanes) is 7. The van der Waals surface area contributed by atoms with Gasteiger partial charge in [0, 0.05) is 0 Å². The van der Waals surface area contributed by atoms with Crippen LogP contribution in [-0.4, -0.2) is 6.61 Å². The van der Waals surface area contributed by atoms with Crippen LogP contribution in [0.2, 0.25) is 0 Å². The van der Waals surface area contributed by atoms with E-state index in [1.165, 1.54) is 89.9 Å². The van der Waals surface area contributed by atoms with Crippen LogP contribution in [0.4, 0.5) is 8.78 Å². The number of hydrogen-bond acceptors (Lipinski definition) is 1. The van der Waals surface area contributed by atoms with Gasteiger partial charge in [0.2, 0.25) is 5.82 Å². The Kier molecular flexibility index (Phi) is 12.2. The lowest BCUT2D eigenvalue weighted by Gasteiger charge is -2.38. The summed E-state index contributed by atoms with van der Waals surface area (Å²) in [5.41, 5.74) is 0.571. The van der Waals surface area contributed by atoms with Gasteiger partial charge in [-0.05, 0) is 80.2 Å². The predicted octanol–water partition coefficient (Wildman–Crippen LogP) is 10.4. The third kappa shape index (κ3) is 8.23. The van der Waals surface area contributed by atoms with Crippen molar-refractivity contribution >= 4 is 0 Å². The van der Waals surface area contributed by atoms with E-state index in [9.17, 15) is 8.78 Å². The van der Waals surface area contributed by atoms with Crippen LogP contribution < -0.4 is 4.74 Å². The number of benzene rings is 1. The summed E-state index contributed by atoms with van der Waals surface area (Å²) in [5, 5.41) is 0. The summed E-state index contributed by atoms with van der Waals surface area (Å²) in [4.78, 5) is 0. The molecule has 1 nitrogen and oxygen atoms in total. The van der Waals surface area contributed by atoms with Gasteiger partial charge in [0.15, 0.2) is 11.6 Å². The minimum absolute atomic E-state index is 0.0804. The van der Waals surface area contributed by atoms with Crippen molar-refractivity contribution in [2.24, 2.45) is 17.8 Å². The third-order valence-electron chi connectivity index (χ3n) is 8.82. The summed E-state index contributed by atoms with van der Waals surface area (Å²) in [5.74, 6) is 1.39. The Labute approximate surface area is 208 Å². The zero-order chi connectivity index (χ0) is 24.2. The number of hydrogen-bond donors (Lipinski definition) is 0. The fourth-order valence-electron chi connectivity index (χ4n) is 6.57. The molecular formula is C31H50F2O. The Morgan fingerprint density at radius 1 is 0.676 bits per heavy atom. The lowest BCUT2D eigenvalue weighted by Crippen LogP contribution is -2.25. The van der Waals surface area contributed by atoms with Crippen LogP contribution >= 0.6 is 0 Å². The first-order valence-corrected chi connectivity index (χ1v) is 14.7. The van der Waals surface area contributed by atoms with Crippen LogP contribution in [0.1, 0.15) is 141 Å². The molecule has 0 aromatic heterocycles. The summed E-state index contributed by atoms with van der Waals surface area (Å²) < 4.78 is 35.2. The van der Waals surface area contributed by atoms with E-state index in [1.807, 2.05) is 0 Å². The Morgan fingerprint density at radius 2 is 1.26 bits per heavy atom. The van der Waals surface area contributed by atoms with Crippen molar-refractivity contribution in [2.45, 2.75) is 135 Å². The molecule has 0 spiro atoms. The zero-order valence-corrected chi connectivity index (χ0v) is 22.1. The summed E-state index contributed by atoms with van der Waals surface area (Å²) >= 11 is 0. The second kappa shape index (κ2) is 15.1. The number of ether oxygens (including phenoxy) is 1. The van der Waals surface area contributed by atoms with Crippen molar-refractivity contribution in [3.8, 4) is 5.75 Å². The second-order valence-electron chi connectivity index (χ2n) is 11.3. The van der Waals surface area contributed by atoms with Crippen LogP contribution in [-0.2, 0) is 0 Å². The van der Waals surface area contributed by atoms with Crippen molar-refractivity contribution in [3.63, 3.8) is 0 Å². The van der Waals surface area contributed by atoms with Gasteiger partial charge in [-0.25, -0.2) is 4.39 Å². The minimum atomic E-state index is -0.787. The first-order chi connectivity index (χ1) is 16.6. The molecule has 0 bridgehead atoms. The summed E-state index contributed by atoms with van der Waals surface area (Å²) in [7, 11) is 0. The van der Waals surface area contributed by atoms with Gasteiger partial charge in [-0.15, -0.1) is 0 Å². The molecule has 0 N–H and O–H groups in total. The van der Waals surface area contributed by atoms with E-state index in [2.05, 4.69) is 13.8 Å². The first-order valence-electron chi connectivity index (χ1n) is 14.7. The highest BCUT2D eigenvalue weighted by atomic mass is 19.2. The van der Waals surface area contributed by atoms with Crippen LogP contribution in [0.3, 0.4) is 0 Å². The number of halogens is 2. The third-order valence-corrected chi connectivity index (χ3v) is 8.82. The van der Waals surface area contributed by atoms with Gasteiger partial charge < -0.3 is 4.74 Å². The molecule has 3 heteroatoms. The lowest BCUT2D eigenvalue weighted by molar-refractivity contribution is 0.155. The highest BCUT2D eigenvalue weighted by molar-refractivity contribution is 5.33. The van der Waals surface area contributed by atoms with Crippen LogP contribution in [0.5, 0.6) is 5.75 Å². The summed E-state index contributed by atoms with van der Waals surface area (Å²) in [6.45, 7) is 4.93. The van der Waals surface area contributed by atoms with Gasteiger partial charge in [-0.1, -0.05) is 90.5 Å². The highest BCUT2D eigenvalue weighted by Crippen LogP contribution is 2.45. The standard InChI is InChI=1S/C31H50F2O/c1-3-5-7-9-11-23-34-29-22-21-28(30(32)31(29)33)27-19-17-26(18-20-27)25-15-13-24(14-16-25)12-10-8-6-4-2/h21-22,24-27H,3-20,23H2,1-2H3.